The number of piperazine rings is 1. The van der Waals surface area contributed by atoms with Gasteiger partial charge in [-0.1, -0.05) is 55.0 Å². The molecule has 0 N–H and O–H groups in total. The van der Waals surface area contributed by atoms with Crippen molar-refractivity contribution >= 4 is 11.7 Å². The van der Waals surface area contributed by atoms with Crippen LogP contribution >= 0.6 is 0 Å². The number of hydrogen-bond donors (Lipinski definition) is 0. The minimum Gasteiger partial charge on any atom is -0.353 e. The second kappa shape index (κ2) is 9.29. The monoisotopic (exact) mass is 414 g/mol. The Labute approximate surface area is 184 Å². The summed E-state index contributed by atoms with van der Waals surface area (Å²) in [6.45, 7) is 9.10. The SMILES string of the molecule is CCc1nc(C)nc(N2CCN(C(=O)c3ccc(C)cc3)CC2)c1Cc1ccccc1. The van der Waals surface area contributed by atoms with E-state index in [1.165, 1.54) is 11.1 Å². The number of amides is 1. The standard InChI is InChI=1S/C26H30N4O/c1-4-24-23(18-21-8-6-5-7-9-21)25(28-20(3)27-24)29-14-16-30(17-15-29)26(31)22-12-10-19(2)11-13-22/h5-13H,4,14-18H2,1-3H3. The maximum absolute atomic E-state index is 12.9. The molecule has 5 nitrogen and oxygen atoms in total. The fourth-order valence-electron chi connectivity index (χ4n) is 4.17. The van der Waals surface area contributed by atoms with Gasteiger partial charge in [0.25, 0.3) is 5.91 Å². The lowest BCUT2D eigenvalue weighted by atomic mass is 10.0. The maximum atomic E-state index is 12.9. The summed E-state index contributed by atoms with van der Waals surface area (Å²) in [4.78, 5) is 26.8. The van der Waals surface area contributed by atoms with Gasteiger partial charge in [0.05, 0.1) is 0 Å². The average Bonchev–Trinajstić information content (AvgIpc) is 2.81. The zero-order valence-electron chi connectivity index (χ0n) is 18.6. The highest BCUT2D eigenvalue weighted by molar-refractivity contribution is 5.94. The van der Waals surface area contributed by atoms with Gasteiger partial charge in [0.2, 0.25) is 0 Å². The van der Waals surface area contributed by atoms with E-state index in [0.29, 0.717) is 13.1 Å². The highest BCUT2D eigenvalue weighted by Gasteiger charge is 2.25. The summed E-state index contributed by atoms with van der Waals surface area (Å²) in [5.41, 5.74) is 5.51. The predicted octanol–water partition coefficient (Wildman–Crippen LogP) is 4.21. The zero-order valence-corrected chi connectivity index (χ0v) is 18.6. The van der Waals surface area contributed by atoms with Crippen molar-refractivity contribution in [1.29, 1.82) is 0 Å². The van der Waals surface area contributed by atoms with Crippen LogP contribution in [0.3, 0.4) is 0 Å². The van der Waals surface area contributed by atoms with Crippen LogP contribution in [0.15, 0.2) is 54.6 Å². The van der Waals surface area contributed by atoms with E-state index in [0.717, 1.165) is 54.4 Å². The quantitative estimate of drug-likeness (QED) is 0.628. The number of rotatable bonds is 5. The van der Waals surface area contributed by atoms with Crippen molar-refractivity contribution in [2.45, 2.75) is 33.6 Å². The van der Waals surface area contributed by atoms with Crippen molar-refractivity contribution in [1.82, 2.24) is 14.9 Å². The first-order valence-corrected chi connectivity index (χ1v) is 11.1. The Hall–Kier alpha value is -3.21. The van der Waals surface area contributed by atoms with E-state index in [1.807, 2.05) is 49.1 Å². The Morgan fingerprint density at radius 2 is 1.58 bits per heavy atom. The van der Waals surface area contributed by atoms with E-state index in [1.54, 1.807) is 0 Å². The molecule has 1 amide bonds. The molecule has 0 aliphatic carbocycles. The Morgan fingerprint density at radius 3 is 2.23 bits per heavy atom. The molecule has 1 saturated heterocycles. The van der Waals surface area contributed by atoms with Crippen molar-refractivity contribution in [2.24, 2.45) is 0 Å². The molecule has 3 aromatic rings. The smallest absolute Gasteiger partial charge is 0.253 e. The van der Waals surface area contributed by atoms with E-state index in [9.17, 15) is 4.79 Å². The van der Waals surface area contributed by atoms with Crippen LogP contribution in [0.5, 0.6) is 0 Å². The van der Waals surface area contributed by atoms with E-state index in [4.69, 9.17) is 9.97 Å². The Bertz CT molecular complexity index is 1040. The topological polar surface area (TPSA) is 49.3 Å². The summed E-state index contributed by atoms with van der Waals surface area (Å²) in [7, 11) is 0. The van der Waals surface area contributed by atoms with Gasteiger partial charge in [-0.25, -0.2) is 9.97 Å². The van der Waals surface area contributed by atoms with Gasteiger partial charge in [0.1, 0.15) is 11.6 Å². The molecule has 0 radical (unpaired) electrons. The highest BCUT2D eigenvalue weighted by Crippen LogP contribution is 2.26. The number of aromatic nitrogens is 2. The Kier molecular flexibility index (Phi) is 6.31. The van der Waals surface area contributed by atoms with Crippen LogP contribution in [-0.2, 0) is 12.8 Å². The number of carbonyl (C=O) groups excluding carboxylic acids is 1. The molecule has 1 fully saturated rings. The van der Waals surface area contributed by atoms with Crippen LogP contribution in [0.2, 0.25) is 0 Å². The number of aryl methyl sites for hydroxylation is 3. The molecule has 160 valence electrons. The van der Waals surface area contributed by atoms with Crippen LogP contribution in [0.1, 0.15) is 45.5 Å². The largest absolute Gasteiger partial charge is 0.353 e. The maximum Gasteiger partial charge on any atom is 0.253 e. The van der Waals surface area contributed by atoms with Crippen molar-refractivity contribution in [3.05, 3.63) is 88.4 Å². The van der Waals surface area contributed by atoms with E-state index >= 15 is 0 Å². The molecule has 1 aromatic heterocycles. The summed E-state index contributed by atoms with van der Waals surface area (Å²) in [5, 5.41) is 0. The molecule has 0 saturated carbocycles. The Balaban J connectivity index is 1.54. The van der Waals surface area contributed by atoms with Gasteiger partial charge in [-0.15, -0.1) is 0 Å². The fourth-order valence-corrected chi connectivity index (χ4v) is 4.17. The molecule has 1 aliphatic heterocycles. The lowest BCUT2D eigenvalue weighted by Crippen LogP contribution is -2.49. The minimum absolute atomic E-state index is 0.109. The van der Waals surface area contributed by atoms with Gasteiger partial charge >= 0.3 is 0 Å². The van der Waals surface area contributed by atoms with Gasteiger partial charge in [-0.3, -0.25) is 4.79 Å². The lowest BCUT2D eigenvalue weighted by molar-refractivity contribution is 0.0746. The molecule has 4 rings (SSSR count). The van der Waals surface area contributed by atoms with Crippen molar-refractivity contribution in [2.75, 3.05) is 31.1 Å². The van der Waals surface area contributed by atoms with Gasteiger partial charge < -0.3 is 9.80 Å². The second-order valence-corrected chi connectivity index (χ2v) is 8.18. The van der Waals surface area contributed by atoms with Crippen molar-refractivity contribution < 1.29 is 4.79 Å². The summed E-state index contributed by atoms with van der Waals surface area (Å²) in [5.74, 6) is 1.94. The molecule has 5 heteroatoms. The third kappa shape index (κ3) is 4.76. The van der Waals surface area contributed by atoms with E-state index in [-0.39, 0.29) is 5.91 Å². The van der Waals surface area contributed by atoms with Crippen LogP contribution in [-0.4, -0.2) is 47.0 Å². The lowest BCUT2D eigenvalue weighted by Gasteiger charge is -2.36. The van der Waals surface area contributed by atoms with Crippen LogP contribution in [0.4, 0.5) is 5.82 Å². The Morgan fingerprint density at radius 1 is 0.903 bits per heavy atom. The van der Waals surface area contributed by atoms with Crippen LogP contribution in [0.25, 0.3) is 0 Å². The summed E-state index contributed by atoms with van der Waals surface area (Å²) >= 11 is 0. The summed E-state index contributed by atoms with van der Waals surface area (Å²) in [6.07, 6.45) is 1.70. The number of anilines is 1. The number of carbonyl (C=O) groups is 1. The third-order valence-corrected chi connectivity index (χ3v) is 5.91. The van der Waals surface area contributed by atoms with Gasteiger partial charge in [0, 0.05) is 49.4 Å². The van der Waals surface area contributed by atoms with Gasteiger partial charge in [-0.05, 0) is 38.0 Å². The molecule has 2 heterocycles. The summed E-state index contributed by atoms with van der Waals surface area (Å²) in [6, 6.07) is 18.3. The average molecular weight is 415 g/mol. The molecule has 0 spiro atoms. The number of nitrogens with zero attached hydrogens (tertiary/aromatic N) is 4. The van der Waals surface area contributed by atoms with Crippen molar-refractivity contribution in [3.8, 4) is 0 Å². The van der Waals surface area contributed by atoms with Crippen LogP contribution in [0, 0.1) is 13.8 Å². The normalized spacial score (nSPS) is 14.0. The number of hydrogen-bond acceptors (Lipinski definition) is 4. The first kappa shape index (κ1) is 21.0. The first-order chi connectivity index (χ1) is 15.0. The molecular weight excluding hydrogens is 384 g/mol. The fraction of sp³-hybridized carbons (Fsp3) is 0.346. The highest BCUT2D eigenvalue weighted by atomic mass is 16.2. The molecule has 0 unspecified atom stereocenters. The van der Waals surface area contributed by atoms with Crippen LogP contribution < -0.4 is 4.90 Å². The van der Waals surface area contributed by atoms with Gasteiger partial charge in [0.15, 0.2) is 0 Å². The number of benzene rings is 2. The first-order valence-electron chi connectivity index (χ1n) is 11.1. The third-order valence-electron chi connectivity index (χ3n) is 5.91. The predicted molar refractivity (Wildman–Crippen MR) is 125 cm³/mol. The minimum atomic E-state index is 0.109. The molecular formula is C26H30N4O. The van der Waals surface area contributed by atoms with Gasteiger partial charge in [-0.2, -0.15) is 0 Å². The van der Waals surface area contributed by atoms with E-state index in [2.05, 4.69) is 36.1 Å². The zero-order chi connectivity index (χ0) is 21.8. The summed E-state index contributed by atoms with van der Waals surface area (Å²) < 4.78 is 0. The molecule has 0 bridgehead atoms. The van der Waals surface area contributed by atoms with E-state index < -0.39 is 0 Å². The molecule has 2 aromatic carbocycles. The molecule has 31 heavy (non-hydrogen) atoms. The molecule has 0 atom stereocenters. The second-order valence-electron chi connectivity index (χ2n) is 8.18. The van der Waals surface area contributed by atoms with Crippen molar-refractivity contribution in [3.63, 3.8) is 0 Å². The molecule has 1 aliphatic rings.